The predicted molar refractivity (Wildman–Crippen MR) is 83.7 cm³/mol. The second kappa shape index (κ2) is 5.92. The van der Waals surface area contributed by atoms with Crippen LogP contribution in [0.15, 0.2) is 48.5 Å². The fraction of sp³-hybridized carbons (Fsp3) is 0.176. The average Bonchev–Trinajstić information content (AvgIpc) is 2.88. The average molecular weight is 303 g/mol. The quantitative estimate of drug-likeness (QED) is 0.724. The molecule has 3 rings (SSSR count). The highest BCUT2D eigenvalue weighted by Crippen LogP contribution is 2.33. The van der Waals surface area contributed by atoms with E-state index in [0.717, 1.165) is 27.1 Å². The predicted octanol–water partition coefficient (Wildman–Crippen LogP) is 4.88. The molecule has 0 saturated carbocycles. The summed E-state index contributed by atoms with van der Waals surface area (Å²) in [5, 5.41) is 4.31. The van der Waals surface area contributed by atoms with Gasteiger partial charge in [0.05, 0.1) is 6.04 Å². The van der Waals surface area contributed by atoms with E-state index < -0.39 is 0 Å². The van der Waals surface area contributed by atoms with Gasteiger partial charge in [-0.3, -0.25) is 0 Å². The van der Waals surface area contributed by atoms with Crippen LogP contribution in [0.3, 0.4) is 0 Å². The Bertz CT molecular complexity index is 749. The van der Waals surface area contributed by atoms with Crippen molar-refractivity contribution >= 4 is 21.4 Å². The Labute approximate surface area is 126 Å². The van der Waals surface area contributed by atoms with E-state index in [9.17, 15) is 8.78 Å². The maximum absolute atomic E-state index is 13.3. The topological polar surface area (TPSA) is 12.0 Å². The highest BCUT2D eigenvalue weighted by Gasteiger charge is 2.16. The molecule has 0 radical (unpaired) electrons. The Morgan fingerprint density at radius 3 is 2.43 bits per heavy atom. The summed E-state index contributed by atoms with van der Waals surface area (Å²) in [5.41, 5.74) is 1.00. The molecule has 0 aliphatic carbocycles. The lowest BCUT2D eigenvalue weighted by atomic mass is 10.0. The first kappa shape index (κ1) is 14.2. The molecule has 0 spiro atoms. The van der Waals surface area contributed by atoms with Crippen LogP contribution in [-0.4, -0.2) is 6.54 Å². The van der Waals surface area contributed by atoms with Gasteiger partial charge in [0, 0.05) is 9.58 Å². The molecule has 2 aromatic carbocycles. The van der Waals surface area contributed by atoms with Crippen LogP contribution in [-0.2, 0) is 0 Å². The first-order chi connectivity index (χ1) is 10.2. The Morgan fingerprint density at radius 2 is 1.71 bits per heavy atom. The van der Waals surface area contributed by atoms with E-state index in [0.29, 0.717) is 0 Å². The SMILES string of the molecule is CCNC(c1ccc(F)cc1)c1cc2cc(F)ccc2s1. The monoisotopic (exact) mass is 303 g/mol. The molecule has 0 amide bonds. The number of hydrogen-bond donors (Lipinski definition) is 1. The molecule has 1 nitrogen and oxygen atoms in total. The maximum Gasteiger partial charge on any atom is 0.123 e. The molecular formula is C17H15F2NS. The number of hydrogen-bond acceptors (Lipinski definition) is 2. The molecule has 3 aromatic rings. The van der Waals surface area contributed by atoms with Crippen molar-refractivity contribution < 1.29 is 8.78 Å². The third kappa shape index (κ3) is 2.96. The van der Waals surface area contributed by atoms with Crippen LogP contribution >= 0.6 is 11.3 Å². The van der Waals surface area contributed by atoms with E-state index >= 15 is 0 Å². The Morgan fingerprint density at radius 1 is 1.00 bits per heavy atom. The summed E-state index contributed by atoms with van der Waals surface area (Å²) >= 11 is 1.63. The molecule has 108 valence electrons. The van der Waals surface area contributed by atoms with Gasteiger partial charge >= 0.3 is 0 Å². The minimum absolute atomic E-state index is 0.00365. The van der Waals surface area contributed by atoms with Crippen molar-refractivity contribution in [2.45, 2.75) is 13.0 Å². The summed E-state index contributed by atoms with van der Waals surface area (Å²) in [5.74, 6) is -0.471. The summed E-state index contributed by atoms with van der Waals surface area (Å²) in [4.78, 5) is 1.10. The lowest BCUT2D eigenvalue weighted by molar-refractivity contribution is 0.617. The van der Waals surface area contributed by atoms with Crippen LogP contribution in [0.25, 0.3) is 10.1 Å². The Kier molecular flexibility index (Phi) is 3.99. The van der Waals surface area contributed by atoms with Crippen molar-refractivity contribution in [3.8, 4) is 0 Å². The second-order valence-corrected chi connectivity index (χ2v) is 5.99. The summed E-state index contributed by atoms with van der Waals surface area (Å²) in [7, 11) is 0. The van der Waals surface area contributed by atoms with Crippen LogP contribution in [0.4, 0.5) is 8.78 Å². The lowest BCUT2D eigenvalue weighted by Gasteiger charge is -2.16. The van der Waals surface area contributed by atoms with Crippen LogP contribution in [0, 0.1) is 11.6 Å². The minimum Gasteiger partial charge on any atom is -0.306 e. The van der Waals surface area contributed by atoms with Gasteiger partial charge in [-0.15, -0.1) is 11.3 Å². The van der Waals surface area contributed by atoms with E-state index in [1.54, 1.807) is 35.6 Å². The Balaban J connectivity index is 2.04. The number of halogens is 2. The van der Waals surface area contributed by atoms with E-state index in [1.165, 1.54) is 18.2 Å². The minimum atomic E-state index is -0.243. The normalized spacial score (nSPS) is 12.7. The van der Waals surface area contributed by atoms with Gasteiger partial charge in [-0.25, -0.2) is 8.78 Å². The summed E-state index contributed by atoms with van der Waals surface area (Å²) < 4.78 is 27.5. The van der Waals surface area contributed by atoms with Crippen LogP contribution in [0.2, 0.25) is 0 Å². The van der Waals surface area contributed by atoms with E-state index in [-0.39, 0.29) is 17.7 Å². The van der Waals surface area contributed by atoms with Gasteiger partial charge in [-0.05, 0) is 53.9 Å². The Hall–Kier alpha value is -1.78. The second-order valence-electron chi connectivity index (χ2n) is 4.87. The number of nitrogens with one attached hydrogen (secondary N) is 1. The first-order valence-corrected chi connectivity index (χ1v) is 7.67. The van der Waals surface area contributed by atoms with Gasteiger partial charge in [-0.2, -0.15) is 0 Å². The van der Waals surface area contributed by atoms with Crippen molar-refractivity contribution in [3.63, 3.8) is 0 Å². The number of benzene rings is 2. The van der Waals surface area contributed by atoms with Crippen molar-refractivity contribution in [3.05, 3.63) is 70.6 Å². The zero-order chi connectivity index (χ0) is 14.8. The molecular weight excluding hydrogens is 288 g/mol. The van der Waals surface area contributed by atoms with Crippen molar-refractivity contribution in [1.29, 1.82) is 0 Å². The molecule has 0 saturated heterocycles. The molecule has 0 aliphatic heterocycles. The van der Waals surface area contributed by atoms with Gasteiger partial charge in [0.25, 0.3) is 0 Å². The highest BCUT2D eigenvalue weighted by atomic mass is 32.1. The zero-order valence-corrected chi connectivity index (χ0v) is 12.4. The number of rotatable bonds is 4. The summed E-state index contributed by atoms with van der Waals surface area (Å²) in [6.45, 7) is 2.83. The molecule has 1 N–H and O–H groups in total. The van der Waals surface area contributed by atoms with Crippen LogP contribution in [0.1, 0.15) is 23.4 Å². The first-order valence-electron chi connectivity index (χ1n) is 6.85. The maximum atomic E-state index is 13.3. The van der Waals surface area contributed by atoms with E-state index in [2.05, 4.69) is 5.32 Å². The third-order valence-corrected chi connectivity index (χ3v) is 4.57. The van der Waals surface area contributed by atoms with Gasteiger partial charge in [0.15, 0.2) is 0 Å². The summed E-state index contributed by atoms with van der Waals surface area (Å²) in [6.07, 6.45) is 0. The van der Waals surface area contributed by atoms with Crippen LogP contribution < -0.4 is 5.32 Å². The molecule has 1 aromatic heterocycles. The molecule has 4 heteroatoms. The fourth-order valence-electron chi connectivity index (χ4n) is 2.42. The van der Waals surface area contributed by atoms with Crippen molar-refractivity contribution in [2.24, 2.45) is 0 Å². The van der Waals surface area contributed by atoms with E-state index in [4.69, 9.17) is 0 Å². The van der Waals surface area contributed by atoms with Gasteiger partial charge < -0.3 is 5.32 Å². The molecule has 0 bridgehead atoms. The third-order valence-electron chi connectivity index (χ3n) is 3.39. The highest BCUT2D eigenvalue weighted by molar-refractivity contribution is 7.19. The van der Waals surface area contributed by atoms with Gasteiger partial charge in [0.1, 0.15) is 11.6 Å². The lowest BCUT2D eigenvalue weighted by Crippen LogP contribution is -2.20. The zero-order valence-electron chi connectivity index (χ0n) is 11.6. The molecule has 21 heavy (non-hydrogen) atoms. The molecule has 0 fully saturated rings. The summed E-state index contributed by atoms with van der Waals surface area (Å²) in [6, 6.07) is 13.3. The standard InChI is InChI=1S/C17H15F2NS/c1-2-20-17(11-3-5-13(18)6-4-11)16-10-12-9-14(19)7-8-15(12)21-16/h3-10,17,20H,2H2,1H3. The van der Waals surface area contributed by atoms with Gasteiger partial charge in [0.2, 0.25) is 0 Å². The van der Waals surface area contributed by atoms with Crippen LogP contribution in [0.5, 0.6) is 0 Å². The fourth-order valence-corrected chi connectivity index (χ4v) is 3.57. The molecule has 1 heterocycles. The molecule has 0 aliphatic rings. The number of thiophene rings is 1. The van der Waals surface area contributed by atoms with Gasteiger partial charge in [-0.1, -0.05) is 19.1 Å². The van der Waals surface area contributed by atoms with Crippen molar-refractivity contribution in [2.75, 3.05) is 6.54 Å². The number of fused-ring (bicyclic) bond motifs is 1. The van der Waals surface area contributed by atoms with E-state index in [1.807, 2.05) is 13.0 Å². The smallest absolute Gasteiger partial charge is 0.123 e. The molecule has 1 unspecified atom stereocenters. The van der Waals surface area contributed by atoms with Crippen molar-refractivity contribution in [1.82, 2.24) is 5.32 Å². The largest absolute Gasteiger partial charge is 0.306 e. The molecule has 1 atom stereocenters.